The van der Waals surface area contributed by atoms with Gasteiger partial charge in [0.15, 0.2) is 0 Å². The van der Waals surface area contributed by atoms with Crippen molar-refractivity contribution in [1.29, 1.82) is 0 Å². The molecule has 0 bridgehead atoms. The molecule has 0 aliphatic rings. The SMILES string of the molecule is OCc1cc(F)nc(-c2ccc(OC(F)(F)F)cc2)c1. The fourth-order valence-electron chi connectivity index (χ4n) is 1.62. The number of aliphatic hydroxyl groups is 1. The van der Waals surface area contributed by atoms with Gasteiger partial charge in [-0.2, -0.15) is 4.39 Å². The Kier molecular flexibility index (Phi) is 3.89. The molecule has 1 N–H and O–H groups in total. The number of nitrogens with zero attached hydrogens (tertiary/aromatic N) is 1. The summed E-state index contributed by atoms with van der Waals surface area (Å²) < 4.78 is 52.9. The van der Waals surface area contributed by atoms with Crippen LogP contribution < -0.4 is 4.74 Å². The average Bonchev–Trinajstić information content (AvgIpc) is 2.37. The third-order valence-corrected chi connectivity index (χ3v) is 2.42. The number of alkyl halides is 3. The van der Waals surface area contributed by atoms with Crippen molar-refractivity contribution < 1.29 is 27.4 Å². The molecule has 0 spiro atoms. The number of rotatable bonds is 3. The standard InChI is InChI=1S/C13H9F4NO2/c14-12-6-8(7-19)5-11(18-12)9-1-3-10(4-2-9)20-13(15,16)17/h1-6,19H,7H2. The lowest BCUT2D eigenvalue weighted by Gasteiger charge is -2.09. The van der Waals surface area contributed by atoms with E-state index >= 15 is 0 Å². The van der Waals surface area contributed by atoms with E-state index in [0.29, 0.717) is 11.1 Å². The summed E-state index contributed by atoms with van der Waals surface area (Å²) >= 11 is 0. The first kappa shape index (κ1) is 14.3. The molecule has 0 aliphatic heterocycles. The molecule has 1 aromatic carbocycles. The van der Waals surface area contributed by atoms with Crippen LogP contribution in [-0.4, -0.2) is 16.5 Å². The van der Waals surface area contributed by atoms with Crippen LogP contribution in [0.5, 0.6) is 5.75 Å². The largest absolute Gasteiger partial charge is 0.573 e. The molecule has 1 aromatic heterocycles. The van der Waals surface area contributed by atoms with Crippen LogP contribution in [0.25, 0.3) is 11.3 Å². The van der Waals surface area contributed by atoms with Gasteiger partial charge in [-0.05, 0) is 42.0 Å². The minimum Gasteiger partial charge on any atom is -0.406 e. The van der Waals surface area contributed by atoms with E-state index in [1.807, 2.05) is 0 Å². The monoisotopic (exact) mass is 287 g/mol. The number of aromatic nitrogens is 1. The Morgan fingerprint density at radius 3 is 2.30 bits per heavy atom. The molecule has 0 fully saturated rings. The number of hydrogen-bond acceptors (Lipinski definition) is 3. The molecule has 20 heavy (non-hydrogen) atoms. The average molecular weight is 287 g/mol. The number of aliphatic hydroxyl groups excluding tert-OH is 1. The predicted molar refractivity (Wildman–Crippen MR) is 62.2 cm³/mol. The number of pyridine rings is 1. The first-order valence-corrected chi connectivity index (χ1v) is 5.51. The van der Waals surface area contributed by atoms with E-state index in [0.717, 1.165) is 18.2 Å². The van der Waals surface area contributed by atoms with Crippen LogP contribution in [0.15, 0.2) is 36.4 Å². The zero-order valence-electron chi connectivity index (χ0n) is 9.99. The first-order valence-electron chi connectivity index (χ1n) is 5.51. The summed E-state index contributed by atoms with van der Waals surface area (Å²) in [5.74, 6) is -1.15. The van der Waals surface area contributed by atoms with Gasteiger partial charge in [0.05, 0.1) is 12.3 Å². The second kappa shape index (κ2) is 5.46. The highest BCUT2D eigenvalue weighted by Gasteiger charge is 2.30. The normalized spacial score (nSPS) is 11.4. The van der Waals surface area contributed by atoms with Crippen molar-refractivity contribution in [2.75, 3.05) is 0 Å². The lowest BCUT2D eigenvalue weighted by atomic mass is 10.1. The summed E-state index contributed by atoms with van der Waals surface area (Å²) in [7, 11) is 0. The van der Waals surface area contributed by atoms with Crippen LogP contribution in [0.2, 0.25) is 0 Å². The Bertz CT molecular complexity index is 596. The van der Waals surface area contributed by atoms with Gasteiger partial charge >= 0.3 is 6.36 Å². The summed E-state index contributed by atoms with van der Waals surface area (Å²) in [5, 5.41) is 8.97. The molecule has 0 saturated heterocycles. The zero-order valence-corrected chi connectivity index (χ0v) is 9.99. The molecular weight excluding hydrogens is 278 g/mol. The molecule has 106 valence electrons. The maximum absolute atomic E-state index is 13.2. The molecule has 0 atom stereocenters. The van der Waals surface area contributed by atoms with Crippen molar-refractivity contribution in [3.05, 3.63) is 47.9 Å². The molecule has 0 aliphatic carbocycles. The molecule has 0 unspecified atom stereocenters. The van der Waals surface area contributed by atoms with Gasteiger partial charge in [0.25, 0.3) is 0 Å². The van der Waals surface area contributed by atoms with Crippen molar-refractivity contribution >= 4 is 0 Å². The quantitative estimate of drug-likeness (QED) is 0.696. The van der Waals surface area contributed by atoms with Gasteiger partial charge in [-0.1, -0.05) is 0 Å². The van der Waals surface area contributed by atoms with Crippen LogP contribution in [0.4, 0.5) is 17.6 Å². The van der Waals surface area contributed by atoms with E-state index in [-0.39, 0.29) is 18.1 Å². The van der Waals surface area contributed by atoms with Crippen molar-refractivity contribution in [2.24, 2.45) is 0 Å². The van der Waals surface area contributed by atoms with Crippen LogP contribution in [-0.2, 0) is 6.61 Å². The van der Waals surface area contributed by atoms with E-state index in [4.69, 9.17) is 5.11 Å². The molecule has 0 amide bonds. The van der Waals surface area contributed by atoms with E-state index in [1.165, 1.54) is 18.2 Å². The van der Waals surface area contributed by atoms with E-state index in [2.05, 4.69) is 9.72 Å². The summed E-state index contributed by atoms with van der Waals surface area (Å²) in [4.78, 5) is 3.62. The fourth-order valence-corrected chi connectivity index (χ4v) is 1.62. The summed E-state index contributed by atoms with van der Waals surface area (Å²) in [5.41, 5.74) is 0.949. The smallest absolute Gasteiger partial charge is 0.406 e. The Hall–Kier alpha value is -2.15. The highest BCUT2D eigenvalue weighted by molar-refractivity contribution is 5.60. The van der Waals surface area contributed by atoms with Crippen molar-refractivity contribution in [3.63, 3.8) is 0 Å². The van der Waals surface area contributed by atoms with Crippen LogP contribution >= 0.6 is 0 Å². The van der Waals surface area contributed by atoms with Gasteiger partial charge in [0, 0.05) is 5.56 Å². The third-order valence-electron chi connectivity index (χ3n) is 2.42. The number of hydrogen-bond donors (Lipinski definition) is 1. The second-order valence-corrected chi connectivity index (χ2v) is 3.91. The highest BCUT2D eigenvalue weighted by atomic mass is 19.4. The van der Waals surface area contributed by atoms with Gasteiger partial charge < -0.3 is 9.84 Å². The number of benzene rings is 1. The minimum absolute atomic E-state index is 0.215. The molecular formula is C13H9F4NO2. The van der Waals surface area contributed by atoms with Gasteiger partial charge in [0.1, 0.15) is 5.75 Å². The molecule has 2 rings (SSSR count). The van der Waals surface area contributed by atoms with Crippen molar-refractivity contribution in [3.8, 4) is 17.0 Å². The number of halogens is 4. The van der Waals surface area contributed by atoms with Gasteiger partial charge in [-0.15, -0.1) is 13.2 Å². The maximum Gasteiger partial charge on any atom is 0.573 e. The second-order valence-electron chi connectivity index (χ2n) is 3.91. The lowest BCUT2D eigenvalue weighted by molar-refractivity contribution is -0.274. The summed E-state index contributed by atoms with van der Waals surface area (Å²) in [6, 6.07) is 7.38. The third kappa shape index (κ3) is 3.67. The summed E-state index contributed by atoms with van der Waals surface area (Å²) in [6.45, 7) is -0.359. The van der Waals surface area contributed by atoms with Crippen molar-refractivity contribution in [2.45, 2.75) is 13.0 Å². The highest BCUT2D eigenvalue weighted by Crippen LogP contribution is 2.26. The Labute approximate surface area is 111 Å². The Morgan fingerprint density at radius 1 is 1.10 bits per heavy atom. The Balaban J connectivity index is 2.28. The topological polar surface area (TPSA) is 42.4 Å². The van der Waals surface area contributed by atoms with E-state index < -0.39 is 12.3 Å². The lowest BCUT2D eigenvalue weighted by Crippen LogP contribution is -2.16. The maximum atomic E-state index is 13.2. The minimum atomic E-state index is -4.76. The van der Waals surface area contributed by atoms with Crippen LogP contribution in [0.1, 0.15) is 5.56 Å². The number of ether oxygens (including phenoxy) is 1. The molecule has 2 aromatic rings. The van der Waals surface area contributed by atoms with Gasteiger partial charge in [0.2, 0.25) is 5.95 Å². The van der Waals surface area contributed by atoms with Gasteiger partial charge in [-0.3, -0.25) is 0 Å². The predicted octanol–water partition coefficient (Wildman–Crippen LogP) is 3.28. The molecule has 3 nitrogen and oxygen atoms in total. The Morgan fingerprint density at radius 2 is 1.75 bits per heavy atom. The zero-order chi connectivity index (χ0) is 14.8. The van der Waals surface area contributed by atoms with E-state index in [1.54, 1.807) is 0 Å². The first-order chi connectivity index (χ1) is 9.37. The molecule has 1 heterocycles. The van der Waals surface area contributed by atoms with Crippen LogP contribution in [0.3, 0.4) is 0 Å². The summed E-state index contributed by atoms with van der Waals surface area (Å²) in [6.07, 6.45) is -4.76. The van der Waals surface area contributed by atoms with Gasteiger partial charge in [-0.25, -0.2) is 4.98 Å². The molecule has 0 saturated carbocycles. The molecule has 0 radical (unpaired) electrons. The van der Waals surface area contributed by atoms with E-state index in [9.17, 15) is 17.6 Å². The van der Waals surface area contributed by atoms with Crippen LogP contribution in [0, 0.1) is 5.95 Å². The fraction of sp³-hybridized carbons (Fsp3) is 0.154. The van der Waals surface area contributed by atoms with Crippen molar-refractivity contribution in [1.82, 2.24) is 4.98 Å². The molecule has 7 heteroatoms.